The van der Waals surface area contributed by atoms with Crippen LogP contribution in [-0.2, 0) is 9.59 Å². The summed E-state index contributed by atoms with van der Waals surface area (Å²) in [6.07, 6.45) is 3.53. The third kappa shape index (κ3) is 5.11. The molecular formula is C13H23N3O4S. The number of carboxylic acid groups (broad SMARTS) is 1. The van der Waals surface area contributed by atoms with Gasteiger partial charge in [-0.2, -0.15) is 11.8 Å². The van der Waals surface area contributed by atoms with Crippen molar-refractivity contribution in [3.63, 3.8) is 0 Å². The number of hydrogen-bond acceptors (Lipinski definition) is 4. The predicted octanol–water partition coefficient (Wildman–Crippen LogP) is 0.488. The molecule has 0 bridgehead atoms. The molecule has 0 saturated carbocycles. The Morgan fingerprint density at radius 2 is 2.14 bits per heavy atom. The highest BCUT2D eigenvalue weighted by Crippen LogP contribution is 2.24. The van der Waals surface area contributed by atoms with Crippen molar-refractivity contribution < 1.29 is 19.5 Å². The highest BCUT2D eigenvalue weighted by atomic mass is 32.2. The molecule has 3 amide bonds. The molecule has 1 aliphatic rings. The zero-order chi connectivity index (χ0) is 16.0. The third-order valence-corrected chi connectivity index (χ3v) is 4.30. The van der Waals surface area contributed by atoms with Crippen LogP contribution in [-0.4, -0.2) is 58.6 Å². The van der Waals surface area contributed by atoms with Crippen molar-refractivity contribution in [2.24, 2.45) is 11.7 Å². The Kier molecular flexibility index (Phi) is 6.80. The molecule has 8 heteroatoms. The van der Waals surface area contributed by atoms with Crippen molar-refractivity contribution >= 4 is 29.7 Å². The Labute approximate surface area is 128 Å². The van der Waals surface area contributed by atoms with Crippen LogP contribution < -0.4 is 11.1 Å². The lowest BCUT2D eigenvalue weighted by Gasteiger charge is -2.37. The fourth-order valence-corrected chi connectivity index (χ4v) is 2.98. The Morgan fingerprint density at radius 3 is 2.67 bits per heavy atom. The molecule has 1 saturated heterocycles. The molecule has 0 aliphatic carbocycles. The number of urea groups is 1. The van der Waals surface area contributed by atoms with Gasteiger partial charge in [-0.25, -0.2) is 9.59 Å². The number of rotatable bonds is 6. The summed E-state index contributed by atoms with van der Waals surface area (Å²) in [6, 6.07) is -2.36. The third-order valence-electron chi connectivity index (χ3n) is 3.66. The van der Waals surface area contributed by atoms with Crippen LogP contribution in [0.1, 0.15) is 26.2 Å². The normalized spacial score (nSPS) is 23.4. The number of nitrogens with two attached hydrogens (primary N) is 1. The van der Waals surface area contributed by atoms with Gasteiger partial charge in [0.2, 0.25) is 5.91 Å². The number of nitrogens with zero attached hydrogens (tertiary/aromatic N) is 1. The summed E-state index contributed by atoms with van der Waals surface area (Å²) in [7, 11) is 0. The molecule has 120 valence electrons. The standard InChI is InChI=1S/C13H23N3O4S/c1-8-3-5-16(10(7-8)12(18)19)11(17)9(4-6-21-2)15-13(14)20/h8-10H,3-7H2,1-2H3,(H,18,19)(H3,14,15,20). The fourth-order valence-electron chi connectivity index (χ4n) is 2.50. The van der Waals surface area contributed by atoms with Gasteiger partial charge in [-0.15, -0.1) is 0 Å². The fraction of sp³-hybridized carbons (Fsp3) is 0.769. The molecular weight excluding hydrogens is 294 g/mol. The van der Waals surface area contributed by atoms with Gasteiger partial charge in [0.05, 0.1) is 0 Å². The minimum absolute atomic E-state index is 0.267. The van der Waals surface area contributed by atoms with Crippen LogP contribution >= 0.6 is 11.8 Å². The first-order valence-electron chi connectivity index (χ1n) is 6.95. The number of aliphatic carboxylic acids is 1. The van der Waals surface area contributed by atoms with E-state index in [2.05, 4.69) is 5.32 Å². The van der Waals surface area contributed by atoms with E-state index in [4.69, 9.17) is 5.73 Å². The highest BCUT2D eigenvalue weighted by molar-refractivity contribution is 7.98. The Bertz CT molecular complexity index is 405. The van der Waals surface area contributed by atoms with Gasteiger partial charge >= 0.3 is 12.0 Å². The second kappa shape index (κ2) is 8.11. The average molecular weight is 317 g/mol. The summed E-state index contributed by atoms with van der Waals surface area (Å²) < 4.78 is 0. The minimum Gasteiger partial charge on any atom is -0.480 e. The number of carbonyl (C=O) groups excluding carboxylic acids is 2. The SMILES string of the molecule is CSCCC(NC(N)=O)C(=O)N1CCC(C)CC1C(=O)O. The number of likely N-dealkylation sites (tertiary alicyclic amines) is 1. The first-order valence-corrected chi connectivity index (χ1v) is 8.34. The number of primary amides is 1. The van der Waals surface area contributed by atoms with Gasteiger partial charge < -0.3 is 21.1 Å². The molecule has 1 heterocycles. The highest BCUT2D eigenvalue weighted by Gasteiger charge is 2.37. The monoisotopic (exact) mass is 317 g/mol. The quantitative estimate of drug-likeness (QED) is 0.660. The van der Waals surface area contributed by atoms with Crippen LogP contribution in [0.15, 0.2) is 0 Å². The Morgan fingerprint density at radius 1 is 1.48 bits per heavy atom. The summed E-state index contributed by atoms with van der Waals surface area (Å²) in [5, 5.41) is 11.7. The molecule has 1 aliphatic heterocycles. The van der Waals surface area contributed by atoms with Crippen LogP contribution in [0.25, 0.3) is 0 Å². The number of carboxylic acids is 1. The molecule has 0 aromatic heterocycles. The number of amides is 3. The zero-order valence-corrected chi connectivity index (χ0v) is 13.2. The van der Waals surface area contributed by atoms with E-state index in [0.717, 1.165) is 6.42 Å². The smallest absolute Gasteiger partial charge is 0.326 e. The molecule has 0 aromatic carbocycles. The molecule has 0 spiro atoms. The van der Waals surface area contributed by atoms with Gasteiger partial charge in [-0.1, -0.05) is 6.92 Å². The predicted molar refractivity (Wildman–Crippen MR) is 81.0 cm³/mol. The van der Waals surface area contributed by atoms with Crippen molar-refractivity contribution in [3.8, 4) is 0 Å². The van der Waals surface area contributed by atoms with E-state index in [-0.39, 0.29) is 11.8 Å². The van der Waals surface area contributed by atoms with Crippen molar-refractivity contribution in [1.29, 1.82) is 0 Å². The van der Waals surface area contributed by atoms with E-state index in [1.807, 2.05) is 13.2 Å². The molecule has 21 heavy (non-hydrogen) atoms. The summed E-state index contributed by atoms with van der Waals surface area (Å²) >= 11 is 1.55. The number of piperidine rings is 1. The number of carbonyl (C=O) groups is 3. The van der Waals surface area contributed by atoms with E-state index in [0.29, 0.717) is 25.1 Å². The zero-order valence-electron chi connectivity index (χ0n) is 12.4. The van der Waals surface area contributed by atoms with E-state index in [1.165, 1.54) is 4.90 Å². The van der Waals surface area contributed by atoms with Gasteiger partial charge in [-0.05, 0) is 37.2 Å². The van der Waals surface area contributed by atoms with Gasteiger partial charge in [0.15, 0.2) is 0 Å². The first-order chi connectivity index (χ1) is 9.86. The minimum atomic E-state index is -1.00. The molecule has 1 rings (SSSR count). The van der Waals surface area contributed by atoms with Crippen LogP contribution in [0.3, 0.4) is 0 Å². The molecule has 4 N–H and O–H groups in total. The van der Waals surface area contributed by atoms with Crippen LogP contribution in [0.2, 0.25) is 0 Å². The average Bonchev–Trinajstić information content (AvgIpc) is 2.42. The maximum Gasteiger partial charge on any atom is 0.326 e. The van der Waals surface area contributed by atoms with Gasteiger partial charge in [0.25, 0.3) is 0 Å². The van der Waals surface area contributed by atoms with Gasteiger partial charge in [0.1, 0.15) is 12.1 Å². The van der Waals surface area contributed by atoms with Gasteiger partial charge in [0, 0.05) is 6.54 Å². The van der Waals surface area contributed by atoms with E-state index < -0.39 is 24.1 Å². The lowest BCUT2D eigenvalue weighted by Crippen LogP contribution is -2.57. The second-order valence-corrected chi connectivity index (χ2v) is 6.34. The maximum atomic E-state index is 12.5. The number of hydrogen-bond donors (Lipinski definition) is 3. The van der Waals surface area contributed by atoms with Gasteiger partial charge in [-0.3, -0.25) is 4.79 Å². The topological polar surface area (TPSA) is 113 Å². The Hall–Kier alpha value is -1.44. The number of nitrogens with one attached hydrogen (secondary N) is 1. The van der Waals surface area contributed by atoms with Crippen LogP contribution in [0.5, 0.6) is 0 Å². The van der Waals surface area contributed by atoms with Crippen LogP contribution in [0, 0.1) is 5.92 Å². The van der Waals surface area contributed by atoms with E-state index in [1.54, 1.807) is 11.8 Å². The number of thioether (sulfide) groups is 1. The largest absolute Gasteiger partial charge is 0.480 e. The maximum absolute atomic E-state index is 12.5. The van der Waals surface area contributed by atoms with E-state index >= 15 is 0 Å². The molecule has 0 aromatic rings. The molecule has 3 atom stereocenters. The van der Waals surface area contributed by atoms with Crippen molar-refractivity contribution in [3.05, 3.63) is 0 Å². The molecule has 0 radical (unpaired) electrons. The lowest BCUT2D eigenvalue weighted by molar-refractivity contribution is -0.153. The summed E-state index contributed by atoms with van der Waals surface area (Å²) in [5.41, 5.74) is 5.11. The van der Waals surface area contributed by atoms with Crippen molar-refractivity contribution in [1.82, 2.24) is 10.2 Å². The summed E-state index contributed by atoms with van der Waals surface area (Å²) in [6.45, 7) is 2.37. The molecule has 1 fully saturated rings. The van der Waals surface area contributed by atoms with Crippen molar-refractivity contribution in [2.45, 2.75) is 38.3 Å². The summed E-state index contributed by atoms with van der Waals surface area (Å²) in [4.78, 5) is 36.3. The van der Waals surface area contributed by atoms with E-state index in [9.17, 15) is 19.5 Å². The first kappa shape index (κ1) is 17.6. The van der Waals surface area contributed by atoms with Crippen LogP contribution in [0.4, 0.5) is 4.79 Å². The van der Waals surface area contributed by atoms with Crippen molar-refractivity contribution in [2.75, 3.05) is 18.6 Å². The molecule has 3 unspecified atom stereocenters. The summed E-state index contributed by atoms with van der Waals surface area (Å²) in [5.74, 6) is -0.415. The Balaban J connectivity index is 2.83. The lowest BCUT2D eigenvalue weighted by atomic mass is 9.91. The molecule has 7 nitrogen and oxygen atoms in total. The second-order valence-electron chi connectivity index (χ2n) is 5.36.